The van der Waals surface area contributed by atoms with E-state index in [-0.39, 0.29) is 0 Å². The number of hydrogen-bond acceptors (Lipinski definition) is 1. The second-order valence-corrected chi connectivity index (χ2v) is 2.87. The van der Waals surface area contributed by atoms with E-state index in [1.54, 1.807) is 0 Å². The molecule has 0 aliphatic carbocycles. The molecule has 1 heterocycles. The van der Waals surface area contributed by atoms with Crippen molar-refractivity contribution in [1.82, 2.24) is 4.90 Å². The summed E-state index contributed by atoms with van der Waals surface area (Å²) in [6, 6.07) is 0.333. The lowest BCUT2D eigenvalue weighted by Gasteiger charge is -2.13. The van der Waals surface area contributed by atoms with Crippen molar-refractivity contribution in [1.29, 1.82) is 0 Å². The van der Waals surface area contributed by atoms with Crippen molar-refractivity contribution in [3.05, 3.63) is 12.2 Å². The highest BCUT2D eigenvalue weighted by atomic mass is 19.1. The summed E-state index contributed by atoms with van der Waals surface area (Å²) in [5.74, 6) is 0. The first-order valence-corrected chi connectivity index (χ1v) is 3.71. The average Bonchev–Trinajstić information content (AvgIpc) is 2.13. The van der Waals surface area contributed by atoms with E-state index in [0.717, 1.165) is 0 Å². The molecule has 0 aromatic heterocycles. The highest BCUT2D eigenvalue weighted by Crippen LogP contribution is 2.18. The van der Waals surface area contributed by atoms with Crippen molar-refractivity contribution in [3.63, 3.8) is 0 Å². The molecule has 1 rings (SSSR count). The quantitative estimate of drug-likeness (QED) is 0.504. The highest BCUT2D eigenvalue weighted by molar-refractivity contribution is 4.97. The zero-order valence-electron chi connectivity index (χ0n) is 6.55. The first kappa shape index (κ1) is 7.73. The van der Waals surface area contributed by atoms with E-state index in [4.69, 9.17) is 0 Å². The topological polar surface area (TPSA) is 3.24 Å². The highest BCUT2D eigenvalue weighted by Gasteiger charge is 2.26. The van der Waals surface area contributed by atoms with Crippen molar-refractivity contribution < 1.29 is 4.39 Å². The molecule has 10 heavy (non-hydrogen) atoms. The lowest BCUT2D eigenvalue weighted by Crippen LogP contribution is -2.22. The third kappa shape index (κ3) is 1.57. The van der Waals surface area contributed by atoms with Crippen LogP contribution in [0.5, 0.6) is 0 Å². The Hall–Kier alpha value is -0.370. The standard InChI is InChI=1S/C8H14FN/c1-3-4-8-5-7(9)6-10(8)2/h3-4,7-8H,5-6H2,1-2H3/b4-3+. The van der Waals surface area contributed by atoms with Crippen LogP contribution in [0.1, 0.15) is 13.3 Å². The Morgan fingerprint density at radius 3 is 2.70 bits per heavy atom. The predicted octanol–water partition coefficient (Wildman–Crippen LogP) is 1.60. The fourth-order valence-corrected chi connectivity index (χ4v) is 1.41. The van der Waals surface area contributed by atoms with Crippen LogP contribution < -0.4 is 0 Å². The summed E-state index contributed by atoms with van der Waals surface area (Å²) >= 11 is 0. The number of hydrogen-bond donors (Lipinski definition) is 0. The molecule has 0 aromatic carbocycles. The molecule has 0 spiro atoms. The van der Waals surface area contributed by atoms with Gasteiger partial charge in [-0.25, -0.2) is 4.39 Å². The molecule has 1 aliphatic heterocycles. The number of allylic oxidation sites excluding steroid dienone is 1. The van der Waals surface area contributed by atoms with Crippen LogP contribution in [-0.4, -0.2) is 30.7 Å². The molecule has 0 N–H and O–H groups in total. The molecule has 2 atom stereocenters. The molecular formula is C8H14FN. The molecule has 1 nitrogen and oxygen atoms in total. The van der Waals surface area contributed by atoms with Crippen LogP contribution in [0.2, 0.25) is 0 Å². The molecule has 2 unspecified atom stereocenters. The van der Waals surface area contributed by atoms with Gasteiger partial charge in [0.05, 0.1) is 0 Å². The molecule has 0 aromatic rings. The van der Waals surface area contributed by atoms with Crippen molar-refractivity contribution in [2.45, 2.75) is 25.6 Å². The molecule has 1 fully saturated rings. The minimum atomic E-state index is -0.619. The number of likely N-dealkylation sites (N-methyl/N-ethyl adjacent to an activating group) is 1. The molecule has 0 radical (unpaired) electrons. The third-order valence-electron chi connectivity index (χ3n) is 1.96. The summed E-state index contributed by atoms with van der Waals surface area (Å²) in [5, 5.41) is 0. The number of nitrogens with zero attached hydrogens (tertiary/aromatic N) is 1. The largest absolute Gasteiger partial charge is 0.297 e. The minimum absolute atomic E-state index is 0.333. The molecule has 0 bridgehead atoms. The van der Waals surface area contributed by atoms with E-state index in [9.17, 15) is 4.39 Å². The van der Waals surface area contributed by atoms with Crippen LogP contribution in [0.15, 0.2) is 12.2 Å². The Morgan fingerprint density at radius 1 is 1.60 bits per heavy atom. The van der Waals surface area contributed by atoms with Gasteiger partial charge in [-0.15, -0.1) is 0 Å². The van der Waals surface area contributed by atoms with E-state index in [1.807, 2.05) is 24.9 Å². The third-order valence-corrected chi connectivity index (χ3v) is 1.96. The van der Waals surface area contributed by atoms with Gasteiger partial charge in [0.1, 0.15) is 6.17 Å². The maximum atomic E-state index is 12.7. The molecule has 1 saturated heterocycles. The Balaban J connectivity index is 2.46. The summed E-state index contributed by atoms with van der Waals surface area (Å²) in [6.45, 7) is 2.56. The molecular weight excluding hydrogens is 129 g/mol. The van der Waals surface area contributed by atoms with Crippen molar-refractivity contribution >= 4 is 0 Å². The van der Waals surface area contributed by atoms with Crippen LogP contribution in [0.3, 0.4) is 0 Å². The maximum absolute atomic E-state index is 12.7. The summed E-state index contributed by atoms with van der Waals surface area (Å²) in [6.07, 6.45) is 4.09. The molecule has 58 valence electrons. The van der Waals surface area contributed by atoms with Gasteiger partial charge in [0.2, 0.25) is 0 Å². The van der Waals surface area contributed by atoms with E-state index in [1.165, 1.54) is 0 Å². The van der Waals surface area contributed by atoms with Crippen molar-refractivity contribution in [3.8, 4) is 0 Å². The normalized spacial score (nSPS) is 35.9. The first-order chi connectivity index (χ1) is 4.74. The maximum Gasteiger partial charge on any atom is 0.115 e. The molecule has 2 heteroatoms. The molecule has 0 amide bonds. The van der Waals surface area contributed by atoms with Gasteiger partial charge in [-0.3, -0.25) is 4.90 Å². The summed E-state index contributed by atoms with van der Waals surface area (Å²) in [7, 11) is 1.96. The monoisotopic (exact) mass is 143 g/mol. The predicted molar refractivity (Wildman–Crippen MR) is 40.7 cm³/mol. The van der Waals surface area contributed by atoms with E-state index in [0.29, 0.717) is 19.0 Å². The van der Waals surface area contributed by atoms with E-state index in [2.05, 4.69) is 6.08 Å². The Morgan fingerprint density at radius 2 is 2.30 bits per heavy atom. The smallest absolute Gasteiger partial charge is 0.115 e. The summed E-state index contributed by atoms with van der Waals surface area (Å²) in [5.41, 5.74) is 0. The molecule has 1 aliphatic rings. The zero-order chi connectivity index (χ0) is 7.56. The lowest BCUT2D eigenvalue weighted by atomic mass is 10.2. The Kier molecular flexibility index (Phi) is 2.44. The minimum Gasteiger partial charge on any atom is -0.297 e. The van der Waals surface area contributed by atoms with Crippen LogP contribution in [0.25, 0.3) is 0 Å². The Bertz CT molecular complexity index is 133. The van der Waals surface area contributed by atoms with Crippen LogP contribution in [0, 0.1) is 0 Å². The van der Waals surface area contributed by atoms with E-state index >= 15 is 0 Å². The second-order valence-electron chi connectivity index (χ2n) is 2.87. The summed E-state index contributed by atoms with van der Waals surface area (Å²) in [4.78, 5) is 2.05. The zero-order valence-corrected chi connectivity index (χ0v) is 6.55. The van der Waals surface area contributed by atoms with Gasteiger partial charge in [-0.1, -0.05) is 12.2 Å². The first-order valence-electron chi connectivity index (χ1n) is 3.71. The lowest BCUT2D eigenvalue weighted by molar-refractivity contribution is 0.311. The number of rotatable bonds is 1. The van der Waals surface area contributed by atoms with Gasteiger partial charge in [0.15, 0.2) is 0 Å². The second kappa shape index (κ2) is 3.15. The SMILES string of the molecule is C/C=C/C1CC(F)CN1C. The van der Waals surface area contributed by atoms with Crippen molar-refractivity contribution in [2.24, 2.45) is 0 Å². The number of halogens is 1. The van der Waals surface area contributed by atoms with Crippen LogP contribution >= 0.6 is 0 Å². The van der Waals surface area contributed by atoms with Gasteiger partial charge in [0.25, 0.3) is 0 Å². The fraction of sp³-hybridized carbons (Fsp3) is 0.750. The van der Waals surface area contributed by atoms with Crippen LogP contribution in [-0.2, 0) is 0 Å². The van der Waals surface area contributed by atoms with Crippen molar-refractivity contribution in [2.75, 3.05) is 13.6 Å². The van der Waals surface area contributed by atoms with Gasteiger partial charge in [0, 0.05) is 12.6 Å². The summed E-state index contributed by atoms with van der Waals surface area (Å²) < 4.78 is 12.7. The van der Waals surface area contributed by atoms with Gasteiger partial charge < -0.3 is 0 Å². The van der Waals surface area contributed by atoms with Gasteiger partial charge >= 0.3 is 0 Å². The van der Waals surface area contributed by atoms with Gasteiger partial charge in [-0.2, -0.15) is 0 Å². The van der Waals surface area contributed by atoms with E-state index < -0.39 is 6.17 Å². The average molecular weight is 143 g/mol. The van der Waals surface area contributed by atoms with Crippen LogP contribution in [0.4, 0.5) is 4.39 Å². The number of alkyl halides is 1. The van der Waals surface area contributed by atoms with Gasteiger partial charge in [-0.05, 0) is 20.4 Å². The molecule has 0 saturated carbocycles. The number of likely N-dealkylation sites (tertiary alicyclic amines) is 1. The fourth-order valence-electron chi connectivity index (χ4n) is 1.41. The Labute approximate surface area is 61.5 Å².